The molecule has 1 aliphatic rings. The van der Waals surface area contributed by atoms with E-state index in [4.69, 9.17) is 4.74 Å². The van der Waals surface area contributed by atoms with Gasteiger partial charge in [0.05, 0.1) is 7.11 Å². The number of carbonyl (C=O) groups excluding carboxylic acids is 1. The molecule has 0 bridgehead atoms. The first kappa shape index (κ1) is 11.1. The number of hydrogen-bond acceptors (Lipinski definition) is 3. The molecule has 1 saturated carbocycles. The first-order valence-electron chi connectivity index (χ1n) is 5.57. The Morgan fingerprint density at radius 1 is 1.50 bits per heavy atom. The third-order valence-corrected chi connectivity index (χ3v) is 3.03. The van der Waals surface area contributed by atoms with Crippen LogP contribution in [-0.2, 0) is 6.54 Å². The molecule has 0 saturated heterocycles. The summed E-state index contributed by atoms with van der Waals surface area (Å²) in [6.07, 6.45) is 3.44. The van der Waals surface area contributed by atoms with Crippen molar-refractivity contribution in [2.75, 3.05) is 14.2 Å². The van der Waals surface area contributed by atoms with Crippen LogP contribution in [0.4, 0.5) is 0 Å². The zero-order valence-electron chi connectivity index (χ0n) is 9.77. The summed E-state index contributed by atoms with van der Waals surface area (Å²) in [5.74, 6) is 0.859. The Labute approximate surface area is 96.0 Å². The highest BCUT2D eigenvalue weighted by molar-refractivity contribution is 5.75. The van der Waals surface area contributed by atoms with Crippen LogP contribution >= 0.6 is 0 Å². The van der Waals surface area contributed by atoms with Crippen molar-refractivity contribution in [3.05, 3.63) is 29.3 Å². The molecular weight excluding hydrogens is 202 g/mol. The van der Waals surface area contributed by atoms with Crippen LogP contribution in [0.3, 0.4) is 0 Å². The Hall–Kier alpha value is -1.35. The number of carbonyl (C=O) groups is 1. The van der Waals surface area contributed by atoms with Gasteiger partial charge < -0.3 is 4.74 Å². The Balaban J connectivity index is 2.18. The van der Waals surface area contributed by atoms with Crippen LogP contribution in [0, 0.1) is 0 Å². The second-order valence-electron chi connectivity index (χ2n) is 4.34. The van der Waals surface area contributed by atoms with Gasteiger partial charge >= 0.3 is 0 Å². The maximum atomic E-state index is 10.7. The van der Waals surface area contributed by atoms with Crippen molar-refractivity contribution >= 4 is 6.29 Å². The van der Waals surface area contributed by atoms with Crippen molar-refractivity contribution in [3.63, 3.8) is 0 Å². The van der Waals surface area contributed by atoms with E-state index >= 15 is 0 Å². The fraction of sp³-hybridized carbons (Fsp3) is 0.462. The maximum Gasteiger partial charge on any atom is 0.150 e. The van der Waals surface area contributed by atoms with Gasteiger partial charge in [-0.05, 0) is 38.1 Å². The van der Waals surface area contributed by atoms with Gasteiger partial charge in [0, 0.05) is 23.7 Å². The summed E-state index contributed by atoms with van der Waals surface area (Å²) >= 11 is 0. The molecule has 2 rings (SSSR count). The van der Waals surface area contributed by atoms with E-state index in [1.165, 1.54) is 12.8 Å². The minimum Gasteiger partial charge on any atom is -0.496 e. The third-order valence-electron chi connectivity index (χ3n) is 3.03. The fourth-order valence-electron chi connectivity index (χ4n) is 1.91. The molecule has 0 atom stereocenters. The highest BCUT2D eigenvalue weighted by Crippen LogP contribution is 2.29. The molecule has 0 aromatic heterocycles. The number of aldehydes is 1. The molecule has 0 aliphatic heterocycles. The molecule has 0 radical (unpaired) electrons. The summed E-state index contributed by atoms with van der Waals surface area (Å²) in [5, 5.41) is 0. The standard InChI is InChI=1S/C13H17NO2/c1-14(12-4-5-12)8-11-7-10(9-15)3-6-13(11)16-2/h3,6-7,9,12H,4-5,8H2,1-2H3. The number of methoxy groups -OCH3 is 1. The minimum atomic E-state index is 0.708. The molecule has 0 amide bonds. The molecule has 0 N–H and O–H groups in total. The quantitative estimate of drug-likeness (QED) is 0.710. The highest BCUT2D eigenvalue weighted by atomic mass is 16.5. The number of benzene rings is 1. The molecule has 16 heavy (non-hydrogen) atoms. The Morgan fingerprint density at radius 3 is 2.81 bits per heavy atom. The normalized spacial score (nSPS) is 15.2. The van der Waals surface area contributed by atoms with Gasteiger partial charge in [0.25, 0.3) is 0 Å². The summed E-state index contributed by atoms with van der Waals surface area (Å²) in [4.78, 5) is 13.0. The summed E-state index contributed by atoms with van der Waals surface area (Å²) in [6, 6.07) is 6.27. The van der Waals surface area contributed by atoms with Crippen LogP contribution in [0.1, 0.15) is 28.8 Å². The second kappa shape index (κ2) is 4.66. The van der Waals surface area contributed by atoms with Gasteiger partial charge in [-0.15, -0.1) is 0 Å². The van der Waals surface area contributed by atoms with E-state index < -0.39 is 0 Å². The number of nitrogens with zero attached hydrogens (tertiary/aromatic N) is 1. The third kappa shape index (κ3) is 2.42. The maximum absolute atomic E-state index is 10.7. The number of rotatable bonds is 5. The monoisotopic (exact) mass is 219 g/mol. The average molecular weight is 219 g/mol. The predicted molar refractivity (Wildman–Crippen MR) is 62.9 cm³/mol. The number of hydrogen-bond donors (Lipinski definition) is 0. The van der Waals surface area contributed by atoms with Crippen LogP contribution < -0.4 is 4.74 Å². The van der Waals surface area contributed by atoms with Crippen molar-refractivity contribution < 1.29 is 9.53 Å². The number of ether oxygens (including phenoxy) is 1. The first-order chi connectivity index (χ1) is 7.74. The van der Waals surface area contributed by atoms with Gasteiger partial charge in [0.1, 0.15) is 12.0 Å². The lowest BCUT2D eigenvalue weighted by Crippen LogP contribution is -2.20. The van der Waals surface area contributed by atoms with Crippen molar-refractivity contribution in [2.45, 2.75) is 25.4 Å². The predicted octanol–water partition coefficient (Wildman–Crippen LogP) is 2.10. The molecule has 1 aromatic rings. The summed E-state index contributed by atoms with van der Waals surface area (Å²) in [7, 11) is 3.78. The van der Waals surface area contributed by atoms with Gasteiger partial charge in [-0.25, -0.2) is 0 Å². The lowest BCUT2D eigenvalue weighted by molar-refractivity contribution is 0.112. The molecular formula is C13H17NO2. The lowest BCUT2D eigenvalue weighted by Gasteiger charge is -2.17. The molecule has 3 heteroatoms. The van der Waals surface area contributed by atoms with E-state index in [0.29, 0.717) is 11.6 Å². The van der Waals surface area contributed by atoms with Gasteiger partial charge in [-0.3, -0.25) is 9.69 Å². The largest absolute Gasteiger partial charge is 0.496 e. The van der Waals surface area contributed by atoms with E-state index in [2.05, 4.69) is 11.9 Å². The zero-order valence-corrected chi connectivity index (χ0v) is 9.77. The second-order valence-corrected chi connectivity index (χ2v) is 4.34. The van der Waals surface area contributed by atoms with E-state index in [1.807, 2.05) is 12.1 Å². The lowest BCUT2D eigenvalue weighted by atomic mass is 10.1. The average Bonchev–Trinajstić information content (AvgIpc) is 3.12. The Bertz CT molecular complexity index is 386. The van der Waals surface area contributed by atoms with Crippen molar-refractivity contribution in [1.82, 2.24) is 4.90 Å². The summed E-state index contributed by atoms with van der Waals surface area (Å²) < 4.78 is 5.30. The van der Waals surface area contributed by atoms with E-state index in [0.717, 1.165) is 24.1 Å². The highest BCUT2D eigenvalue weighted by Gasteiger charge is 2.26. The van der Waals surface area contributed by atoms with E-state index in [9.17, 15) is 4.79 Å². The molecule has 1 aromatic carbocycles. The van der Waals surface area contributed by atoms with Crippen molar-refractivity contribution in [1.29, 1.82) is 0 Å². The van der Waals surface area contributed by atoms with Crippen LogP contribution in [0.25, 0.3) is 0 Å². The van der Waals surface area contributed by atoms with Crippen molar-refractivity contribution in [2.24, 2.45) is 0 Å². The Morgan fingerprint density at radius 2 is 2.25 bits per heavy atom. The van der Waals surface area contributed by atoms with Gasteiger partial charge in [-0.2, -0.15) is 0 Å². The van der Waals surface area contributed by atoms with Crippen LogP contribution in [0.5, 0.6) is 5.75 Å². The van der Waals surface area contributed by atoms with Crippen LogP contribution in [0.2, 0.25) is 0 Å². The molecule has 0 heterocycles. The Kier molecular flexibility index (Phi) is 3.25. The molecule has 1 aliphatic carbocycles. The SMILES string of the molecule is COc1ccc(C=O)cc1CN(C)C1CC1. The summed E-state index contributed by atoms with van der Waals surface area (Å²) in [6.45, 7) is 0.843. The van der Waals surface area contributed by atoms with E-state index in [-0.39, 0.29) is 0 Å². The topological polar surface area (TPSA) is 29.5 Å². The fourth-order valence-corrected chi connectivity index (χ4v) is 1.91. The van der Waals surface area contributed by atoms with Crippen molar-refractivity contribution in [3.8, 4) is 5.75 Å². The smallest absolute Gasteiger partial charge is 0.150 e. The van der Waals surface area contributed by atoms with Gasteiger partial charge in [-0.1, -0.05) is 0 Å². The first-order valence-corrected chi connectivity index (χ1v) is 5.57. The minimum absolute atomic E-state index is 0.708. The molecule has 86 valence electrons. The summed E-state index contributed by atoms with van der Waals surface area (Å²) in [5.41, 5.74) is 1.79. The molecule has 0 spiro atoms. The molecule has 1 fully saturated rings. The van der Waals surface area contributed by atoms with Gasteiger partial charge in [0.2, 0.25) is 0 Å². The van der Waals surface area contributed by atoms with Crippen LogP contribution in [-0.4, -0.2) is 31.4 Å². The van der Waals surface area contributed by atoms with Crippen LogP contribution in [0.15, 0.2) is 18.2 Å². The molecule has 0 unspecified atom stereocenters. The zero-order chi connectivity index (χ0) is 11.5. The van der Waals surface area contributed by atoms with Gasteiger partial charge in [0.15, 0.2) is 0 Å². The molecule has 3 nitrogen and oxygen atoms in total. The van der Waals surface area contributed by atoms with E-state index in [1.54, 1.807) is 13.2 Å².